The Hall–Kier alpha value is -6.43. The maximum Gasteiger partial charge on any atom is 0.335 e. The predicted molar refractivity (Wildman–Crippen MR) is 155 cm³/mol. The Morgan fingerprint density at radius 1 is 0.636 bits per heavy atom. The molecular formula is C32H18N4O8. The van der Waals surface area contributed by atoms with Gasteiger partial charge in [0.1, 0.15) is 5.82 Å². The summed E-state index contributed by atoms with van der Waals surface area (Å²) in [5.74, 6) is -5.24. The molecule has 2 aliphatic heterocycles. The first-order chi connectivity index (χ1) is 21.0. The first-order valence-corrected chi connectivity index (χ1v) is 13.2. The number of imide groups is 2. The second-order valence-corrected chi connectivity index (χ2v) is 10.4. The lowest BCUT2D eigenvalue weighted by Crippen LogP contribution is -2.32. The van der Waals surface area contributed by atoms with E-state index in [1.807, 2.05) is 25.1 Å². The number of carbonyl (C=O) groups excluding carboxylic acids is 4. The number of nitrogens with one attached hydrogen (secondary N) is 1. The van der Waals surface area contributed by atoms with E-state index in [1.165, 1.54) is 42.5 Å². The molecule has 3 N–H and O–H groups in total. The van der Waals surface area contributed by atoms with Crippen molar-refractivity contribution in [1.29, 1.82) is 0 Å². The van der Waals surface area contributed by atoms with Gasteiger partial charge in [0, 0.05) is 5.56 Å². The van der Waals surface area contributed by atoms with Gasteiger partial charge in [0.15, 0.2) is 0 Å². The smallest absolute Gasteiger partial charge is 0.335 e. The van der Waals surface area contributed by atoms with E-state index in [9.17, 15) is 39.0 Å². The summed E-state index contributed by atoms with van der Waals surface area (Å²) in [6, 6.07) is 17.1. The van der Waals surface area contributed by atoms with Crippen molar-refractivity contribution in [3.8, 4) is 11.4 Å². The van der Waals surface area contributed by atoms with Crippen LogP contribution in [-0.2, 0) is 0 Å². The number of H-pyrrole nitrogens is 1. The number of imidazole rings is 1. The molecule has 0 bridgehead atoms. The van der Waals surface area contributed by atoms with Gasteiger partial charge >= 0.3 is 11.9 Å². The lowest BCUT2D eigenvalue weighted by molar-refractivity contribution is 0.0686. The van der Waals surface area contributed by atoms with Crippen LogP contribution in [0.15, 0.2) is 72.8 Å². The van der Waals surface area contributed by atoms with Gasteiger partial charge in [0.25, 0.3) is 23.6 Å². The van der Waals surface area contributed by atoms with Gasteiger partial charge in [-0.1, -0.05) is 6.07 Å². The number of aromatic nitrogens is 2. The highest BCUT2D eigenvalue weighted by atomic mass is 16.4. The van der Waals surface area contributed by atoms with Gasteiger partial charge in [-0.15, -0.1) is 0 Å². The molecule has 0 unspecified atom stereocenters. The van der Waals surface area contributed by atoms with Gasteiger partial charge < -0.3 is 15.2 Å². The maximum absolute atomic E-state index is 13.5. The fourth-order valence-electron chi connectivity index (χ4n) is 5.47. The molecule has 12 nitrogen and oxygen atoms in total. The van der Waals surface area contributed by atoms with Crippen molar-refractivity contribution >= 4 is 58.0 Å². The average Bonchev–Trinajstić information content (AvgIpc) is 3.62. The molecule has 0 radical (unpaired) electrons. The molecule has 0 saturated heterocycles. The molecule has 0 fully saturated rings. The van der Waals surface area contributed by atoms with Crippen molar-refractivity contribution < 1.29 is 39.0 Å². The highest BCUT2D eigenvalue weighted by Gasteiger charge is 2.40. The number of carbonyl (C=O) groups is 6. The number of rotatable bonds is 5. The predicted octanol–water partition coefficient (Wildman–Crippen LogP) is 4.54. The number of amides is 4. The molecule has 0 saturated carbocycles. The summed E-state index contributed by atoms with van der Waals surface area (Å²) in [5.41, 5.74) is 2.05. The molecule has 214 valence electrons. The summed E-state index contributed by atoms with van der Waals surface area (Å²) < 4.78 is 0. The van der Waals surface area contributed by atoms with Crippen LogP contribution >= 0.6 is 0 Å². The van der Waals surface area contributed by atoms with E-state index in [2.05, 4.69) is 9.97 Å². The van der Waals surface area contributed by atoms with Crippen molar-refractivity contribution in [3.05, 3.63) is 112 Å². The summed E-state index contributed by atoms with van der Waals surface area (Å²) in [4.78, 5) is 86.6. The minimum atomic E-state index is -1.27. The highest BCUT2D eigenvalue weighted by molar-refractivity contribution is 6.36. The Bertz CT molecular complexity index is 2090. The van der Waals surface area contributed by atoms with Crippen molar-refractivity contribution in [1.82, 2.24) is 9.97 Å². The summed E-state index contributed by atoms with van der Waals surface area (Å²) in [5, 5.41) is 18.8. The van der Waals surface area contributed by atoms with Gasteiger partial charge in [-0.3, -0.25) is 19.2 Å². The summed E-state index contributed by atoms with van der Waals surface area (Å²) in [7, 11) is 0. The number of carboxylic acid groups (broad SMARTS) is 2. The van der Waals surface area contributed by atoms with Crippen LogP contribution in [-0.4, -0.2) is 55.7 Å². The highest BCUT2D eigenvalue weighted by Crippen LogP contribution is 2.38. The van der Waals surface area contributed by atoms with E-state index in [0.29, 0.717) is 22.4 Å². The largest absolute Gasteiger partial charge is 0.478 e. The molecule has 4 aromatic carbocycles. The zero-order chi connectivity index (χ0) is 31.0. The number of aryl methyl sites for hydroxylation is 1. The number of nitrogens with zero attached hydrogens (tertiary/aromatic N) is 3. The molecule has 7 rings (SSSR count). The molecule has 44 heavy (non-hydrogen) atoms. The number of aromatic carboxylic acids is 2. The summed E-state index contributed by atoms with van der Waals surface area (Å²) >= 11 is 0. The van der Waals surface area contributed by atoms with E-state index < -0.39 is 35.6 Å². The van der Waals surface area contributed by atoms with Crippen molar-refractivity contribution in [2.45, 2.75) is 6.92 Å². The SMILES string of the molecule is Cc1ccc2nc(-c3cc(N4C(=O)c5ccc(C(=O)O)cc5C4=O)cc(N4C(=O)c5ccc(C(=O)O)cc5C4=O)c3)[nH]c2c1. The number of carboxylic acids is 2. The quantitative estimate of drug-likeness (QED) is 0.249. The molecule has 3 heterocycles. The second-order valence-electron chi connectivity index (χ2n) is 10.4. The van der Waals surface area contributed by atoms with Crippen molar-refractivity contribution in [2.24, 2.45) is 0 Å². The number of benzene rings is 4. The van der Waals surface area contributed by atoms with Gasteiger partial charge in [0.05, 0.1) is 55.8 Å². The van der Waals surface area contributed by atoms with Crippen LogP contribution in [0.5, 0.6) is 0 Å². The first-order valence-electron chi connectivity index (χ1n) is 13.2. The number of hydrogen-bond donors (Lipinski definition) is 3. The normalized spacial score (nSPS) is 14.0. The third kappa shape index (κ3) is 3.89. The topological polar surface area (TPSA) is 178 Å². The second kappa shape index (κ2) is 9.29. The van der Waals surface area contributed by atoms with Crippen LogP contribution in [0.4, 0.5) is 11.4 Å². The Balaban J connectivity index is 1.40. The maximum atomic E-state index is 13.5. The molecule has 0 atom stereocenters. The zero-order valence-electron chi connectivity index (χ0n) is 22.6. The molecule has 2 aliphatic rings. The van der Waals surface area contributed by atoms with E-state index in [4.69, 9.17) is 0 Å². The summed E-state index contributed by atoms with van der Waals surface area (Å²) in [6.07, 6.45) is 0. The van der Waals surface area contributed by atoms with Gasteiger partial charge in [-0.2, -0.15) is 0 Å². The molecule has 12 heteroatoms. The Morgan fingerprint density at radius 3 is 1.64 bits per heavy atom. The minimum absolute atomic E-state index is 0.00000667. The third-order valence-electron chi connectivity index (χ3n) is 7.60. The standard InChI is InChI=1S/C32H18N4O8/c1-14-2-7-24-25(8-14)34-26(33-24)17-9-18(35-27(37)20-5-3-15(31(41)42)11-22(20)29(35)39)13-19(10-17)36-28(38)21-6-4-16(32(43)44)12-23(21)30(36)40/h2-13H,1H3,(H,33,34)(H,41,42)(H,43,44). The molecule has 4 amide bonds. The molecular weight excluding hydrogens is 568 g/mol. The average molecular weight is 587 g/mol. The van der Waals surface area contributed by atoms with Gasteiger partial charge in [-0.25, -0.2) is 24.4 Å². The van der Waals surface area contributed by atoms with Crippen LogP contribution in [0, 0.1) is 6.92 Å². The van der Waals surface area contributed by atoms with Crippen LogP contribution in [0.25, 0.3) is 22.4 Å². The molecule has 0 aliphatic carbocycles. The minimum Gasteiger partial charge on any atom is -0.478 e. The lowest BCUT2D eigenvalue weighted by Gasteiger charge is -2.20. The van der Waals surface area contributed by atoms with Crippen LogP contribution in [0.1, 0.15) is 67.7 Å². The number of anilines is 2. The van der Waals surface area contributed by atoms with E-state index in [-0.39, 0.29) is 44.8 Å². The van der Waals surface area contributed by atoms with E-state index in [0.717, 1.165) is 27.5 Å². The van der Waals surface area contributed by atoms with Crippen LogP contribution in [0.3, 0.4) is 0 Å². The zero-order valence-corrected chi connectivity index (χ0v) is 22.6. The summed E-state index contributed by atoms with van der Waals surface area (Å²) in [6.45, 7) is 1.91. The molecule has 0 spiro atoms. The Labute approximate surface area is 246 Å². The first kappa shape index (κ1) is 26.5. The Kier molecular flexibility index (Phi) is 5.59. The van der Waals surface area contributed by atoms with Crippen molar-refractivity contribution in [3.63, 3.8) is 0 Å². The monoisotopic (exact) mass is 586 g/mol. The third-order valence-corrected chi connectivity index (χ3v) is 7.60. The fourth-order valence-corrected chi connectivity index (χ4v) is 5.47. The number of hydrogen-bond acceptors (Lipinski definition) is 7. The molecule has 5 aromatic rings. The van der Waals surface area contributed by atoms with E-state index >= 15 is 0 Å². The van der Waals surface area contributed by atoms with Gasteiger partial charge in [0.2, 0.25) is 0 Å². The van der Waals surface area contributed by atoms with Crippen molar-refractivity contribution in [2.75, 3.05) is 9.80 Å². The van der Waals surface area contributed by atoms with Crippen LogP contribution < -0.4 is 9.80 Å². The molecule has 1 aromatic heterocycles. The fraction of sp³-hybridized carbons (Fsp3) is 0.0312. The lowest BCUT2D eigenvalue weighted by atomic mass is 10.1. The number of aromatic amines is 1. The van der Waals surface area contributed by atoms with E-state index in [1.54, 1.807) is 0 Å². The van der Waals surface area contributed by atoms with Crippen LogP contribution in [0.2, 0.25) is 0 Å². The van der Waals surface area contributed by atoms with Gasteiger partial charge in [-0.05, 0) is 79.2 Å². The Morgan fingerprint density at radius 2 is 1.14 bits per heavy atom. The number of fused-ring (bicyclic) bond motifs is 3.